The Morgan fingerprint density at radius 1 is 1.25 bits per heavy atom. The Bertz CT molecular complexity index is 265. The molecule has 2 fully saturated rings. The van der Waals surface area contributed by atoms with Crippen LogP contribution in [0, 0.1) is 23.2 Å². The van der Waals surface area contributed by atoms with Gasteiger partial charge in [0.2, 0.25) is 0 Å². The fraction of sp³-hybridized carbons (Fsp3) is 0.800. The molecule has 2 saturated carbocycles. The molecule has 0 aromatic rings. The summed E-state index contributed by atoms with van der Waals surface area (Å²) in [5, 5.41) is 0. The lowest BCUT2D eigenvalue weighted by atomic mass is 9.89. The minimum absolute atomic E-state index is 0.0273. The minimum atomic E-state index is -0.0288. The van der Waals surface area contributed by atoms with Gasteiger partial charge in [-0.2, -0.15) is 0 Å². The first-order valence-electron chi connectivity index (χ1n) is 4.52. The molecule has 0 bridgehead atoms. The minimum Gasteiger partial charge on any atom is -0.299 e. The summed E-state index contributed by atoms with van der Waals surface area (Å²) in [6, 6.07) is 0. The van der Waals surface area contributed by atoms with Crippen molar-refractivity contribution in [2.45, 2.75) is 27.2 Å². The second kappa shape index (κ2) is 1.98. The Morgan fingerprint density at radius 2 is 1.83 bits per heavy atom. The monoisotopic (exact) mass is 166 g/mol. The Balaban J connectivity index is 2.30. The van der Waals surface area contributed by atoms with Gasteiger partial charge in [-0.3, -0.25) is 9.59 Å². The first-order valence-corrected chi connectivity index (χ1v) is 4.52. The summed E-state index contributed by atoms with van der Waals surface area (Å²) in [6.45, 7) is 5.91. The number of Topliss-reactive ketones (excluding diaryl/α,β-unsaturated/α-hetero) is 2. The molecule has 0 saturated heterocycles. The molecule has 0 amide bonds. The zero-order valence-electron chi connectivity index (χ0n) is 7.76. The van der Waals surface area contributed by atoms with E-state index in [9.17, 15) is 9.59 Å². The van der Waals surface area contributed by atoms with Crippen molar-refractivity contribution >= 4 is 11.6 Å². The average molecular weight is 166 g/mol. The van der Waals surface area contributed by atoms with Crippen LogP contribution in [0.3, 0.4) is 0 Å². The van der Waals surface area contributed by atoms with Crippen molar-refractivity contribution < 1.29 is 9.59 Å². The lowest BCUT2D eigenvalue weighted by Crippen LogP contribution is -2.25. The van der Waals surface area contributed by atoms with E-state index in [-0.39, 0.29) is 23.2 Å². The fourth-order valence-corrected chi connectivity index (χ4v) is 2.61. The summed E-state index contributed by atoms with van der Waals surface area (Å²) in [7, 11) is 0. The van der Waals surface area contributed by atoms with Gasteiger partial charge in [0.15, 0.2) is 0 Å². The molecule has 0 N–H and O–H groups in total. The molecule has 2 rings (SSSR count). The van der Waals surface area contributed by atoms with Crippen LogP contribution in [0.5, 0.6) is 0 Å². The van der Waals surface area contributed by atoms with Gasteiger partial charge in [0.05, 0.1) is 0 Å². The molecule has 0 radical (unpaired) electrons. The normalized spacial score (nSPS) is 44.1. The maximum Gasteiger partial charge on any atom is 0.140 e. The summed E-state index contributed by atoms with van der Waals surface area (Å²) in [5.74, 6) is 0.692. The first kappa shape index (κ1) is 7.96. The van der Waals surface area contributed by atoms with Crippen LogP contribution in [0.2, 0.25) is 0 Å². The number of hydrogen-bond acceptors (Lipinski definition) is 2. The van der Waals surface area contributed by atoms with Crippen LogP contribution in [0.25, 0.3) is 0 Å². The highest BCUT2D eigenvalue weighted by atomic mass is 16.1. The highest BCUT2D eigenvalue weighted by Gasteiger charge is 2.67. The quantitative estimate of drug-likeness (QED) is 0.545. The summed E-state index contributed by atoms with van der Waals surface area (Å²) < 4.78 is 0. The van der Waals surface area contributed by atoms with Gasteiger partial charge >= 0.3 is 0 Å². The van der Waals surface area contributed by atoms with Gasteiger partial charge in [0, 0.05) is 24.2 Å². The van der Waals surface area contributed by atoms with Crippen molar-refractivity contribution in [3.63, 3.8) is 0 Å². The van der Waals surface area contributed by atoms with Gasteiger partial charge in [-0.1, -0.05) is 20.8 Å². The molecule has 2 aliphatic carbocycles. The lowest BCUT2D eigenvalue weighted by molar-refractivity contribution is -0.133. The Hall–Kier alpha value is -0.660. The molecule has 2 nitrogen and oxygen atoms in total. The van der Waals surface area contributed by atoms with Gasteiger partial charge in [-0.25, -0.2) is 0 Å². The van der Waals surface area contributed by atoms with Crippen LogP contribution < -0.4 is 0 Å². The molecule has 0 heterocycles. The molecule has 3 atom stereocenters. The standard InChI is InChI=1S/C10H14O2/c1-5-4-6(11)7-8(9(5)12)10(7,2)3/h5,7-8H,4H2,1-3H3. The largest absolute Gasteiger partial charge is 0.299 e. The maximum absolute atomic E-state index is 11.6. The van der Waals surface area contributed by atoms with Crippen molar-refractivity contribution in [2.24, 2.45) is 23.2 Å². The summed E-state index contributed by atoms with van der Waals surface area (Å²) >= 11 is 0. The van der Waals surface area contributed by atoms with Gasteiger partial charge in [0.25, 0.3) is 0 Å². The zero-order valence-corrected chi connectivity index (χ0v) is 7.76. The Labute approximate surface area is 72.3 Å². The fourth-order valence-electron chi connectivity index (χ4n) is 2.61. The third kappa shape index (κ3) is 0.755. The summed E-state index contributed by atoms with van der Waals surface area (Å²) in [4.78, 5) is 23.0. The molecule has 0 aromatic carbocycles. The molecular formula is C10H14O2. The molecule has 12 heavy (non-hydrogen) atoms. The number of ketones is 2. The summed E-state index contributed by atoms with van der Waals surface area (Å²) in [6.07, 6.45) is 0.476. The van der Waals surface area contributed by atoms with Crippen LogP contribution in [-0.2, 0) is 9.59 Å². The average Bonchev–Trinajstić information content (AvgIpc) is 2.50. The third-order valence-electron chi connectivity index (χ3n) is 3.47. The highest BCUT2D eigenvalue weighted by Crippen LogP contribution is 2.62. The predicted octanol–water partition coefficient (Wildman–Crippen LogP) is 1.44. The Kier molecular flexibility index (Phi) is 1.31. The molecule has 2 aliphatic rings. The molecular weight excluding hydrogens is 152 g/mol. The molecule has 2 heteroatoms. The number of rotatable bonds is 0. The number of hydrogen-bond donors (Lipinski definition) is 0. The van der Waals surface area contributed by atoms with Crippen LogP contribution in [0.1, 0.15) is 27.2 Å². The van der Waals surface area contributed by atoms with Crippen molar-refractivity contribution in [1.82, 2.24) is 0 Å². The molecule has 0 aromatic heterocycles. The SMILES string of the molecule is CC1CC(=O)C2C(C1=O)C2(C)C. The first-order chi connectivity index (χ1) is 5.46. The van der Waals surface area contributed by atoms with E-state index >= 15 is 0 Å². The van der Waals surface area contributed by atoms with Gasteiger partial charge in [-0.05, 0) is 5.41 Å². The van der Waals surface area contributed by atoms with E-state index < -0.39 is 0 Å². The highest BCUT2D eigenvalue weighted by molar-refractivity contribution is 6.03. The second-order valence-electron chi connectivity index (χ2n) is 4.75. The van der Waals surface area contributed by atoms with Crippen molar-refractivity contribution in [3.05, 3.63) is 0 Å². The smallest absolute Gasteiger partial charge is 0.140 e. The predicted molar refractivity (Wildman–Crippen MR) is 44.6 cm³/mol. The number of carbonyl (C=O) groups excluding carboxylic acids is 2. The van der Waals surface area contributed by atoms with E-state index in [1.807, 2.05) is 20.8 Å². The second-order valence-corrected chi connectivity index (χ2v) is 4.75. The van der Waals surface area contributed by atoms with E-state index in [0.717, 1.165) is 0 Å². The van der Waals surface area contributed by atoms with Crippen molar-refractivity contribution in [3.8, 4) is 0 Å². The molecule has 0 spiro atoms. The lowest BCUT2D eigenvalue weighted by Gasteiger charge is -2.13. The van der Waals surface area contributed by atoms with E-state index in [2.05, 4.69) is 0 Å². The Morgan fingerprint density at radius 3 is 2.42 bits per heavy atom. The van der Waals surface area contributed by atoms with Crippen LogP contribution in [-0.4, -0.2) is 11.6 Å². The molecule has 3 unspecified atom stereocenters. The van der Waals surface area contributed by atoms with Gasteiger partial charge in [-0.15, -0.1) is 0 Å². The topological polar surface area (TPSA) is 34.1 Å². The van der Waals surface area contributed by atoms with E-state index in [1.54, 1.807) is 0 Å². The van der Waals surface area contributed by atoms with Gasteiger partial charge < -0.3 is 0 Å². The van der Waals surface area contributed by atoms with Crippen LogP contribution in [0.4, 0.5) is 0 Å². The number of carbonyl (C=O) groups is 2. The van der Waals surface area contributed by atoms with Crippen molar-refractivity contribution in [2.75, 3.05) is 0 Å². The third-order valence-corrected chi connectivity index (χ3v) is 3.47. The number of fused-ring (bicyclic) bond motifs is 1. The van der Waals surface area contributed by atoms with Crippen molar-refractivity contribution in [1.29, 1.82) is 0 Å². The summed E-state index contributed by atoms with van der Waals surface area (Å²) in [5.41, 5.74) is -0.0288. The van der Waals surface area contributed by atoms with Gasteiger partial charge in [0.1, 0.15) is 11.6 Å². The van der Waals surface area contributed by atoms with E-state index in [4.69, 9.17) is 0 Å². The molecule has 0 aliphatic heterocycles. The van der Waals surface area contributed by atoms with Crippen LogP contribution in [0.15, 0.2) is 0 Å². The van der Waals surface area contributed by atoms with E-state index in [1.165, 1.54) is 0 Å². The van der Waals surface area contributed by atoms with Crippen LogP contribution >= 0.6 is 0 Å². The molecule has 66 valence electrons. The maximum atomic E-state index is 11.6. The zero-order chi connectivity index (χ0) is 9.09. The van der Waals surface area contributed by atoms with E-state index in [0.29, 0.717) is 18.0 Å².